The van der Waals surface area contributed by atoms with Crippen molar-refractivity contribution in [3.05, 3.63) is 14.9 Å². The molecule has 0 N–H and O–H groups in total. The van der Waals surface area contributed by atoms with Gasteiger partial charge in [0.25, 0.3) is 0 Å². The zero-order valence-corrected chi connectivity index (χ0v) is 20.4. The average Bonchev–Trinajstić information content (AvgIpc) is 3.07. The summed E-state index contributed by atoms with van der Waals surface area (Å²) in [6.45, 7) is 19.0. The van der Waals surface area contributed by atoms with Crippen LogP contribution in [0, 0.1) is 49.4 Å². The van der Waals surface area contributed by atoms with Crippen LogP contribution in [0.3, 0.4) is 0 Å². The molecule has 2 saturated carbocycles. The minimum absolute atomic E-state index is 0. The molecule has 25 heavy (non-hydrogen) atoms. The topological polar surface area (TPSA) is 0 Å². The van der Waals surface area contributed by atoms with Gasteiger partial charge in [0, 0.05) is 0 Å². The summed E-state index contributed by atoms with van der Waals surface area (Å²) in [5, 5.41) is 0. The third-order valence-electron chi connectivity index (χ3n) is 6.69. The third-order valence-corrected chi connectivity index (χ3v) is 6.69. The van der Waals surface area contributed by atoms with E-state index in [1.807, 2.05) is 0 Å². The monoisotopic (exact) mass is 394 g/mol. The molecule has 4 unspecified atom stereocenters. The van der Waals surface area contributed by atoms with E-state index in [9.17, 15) is 0 Å². The molecule has 2 rings (SSSR count). The van der Waals surface area contributed by atoms with Crippen molar-refractivity contribution in [2.24, 2.45) is 34.5 Å². The molecule has 2 fully saturated rings. The molecule has 0 saturated heterocycles. The van der Waals surface area contributed by atoms with E-state index in [0.717, 1.165) is 23.7 Å². The van der Waals surface area contributed by atoms with E-state index in [1.54, 1.807) is 0 Å². The summed E-state index contributed by atoms with van der Waals surface area (Å²) >= 11 is 0. The summed E-state index contributed by atoms with van der Waals surface area (Å²) in [5.41, 5.74) is 1.12. The molecule has 2 aliphatic rings. The molecule has 1 heteroatoms. The van der Waals surface area contributed by atoms with E-state index in [0.29, 0.717) is 10.8 Å². The molecule has 0 amide bonds. The van der Waals surface area contributed by atoms with Crippen molar-refractivity contribution >= 4 is 0 Å². The van der Waals surface area contributed by atoms with Gasteiger partial charge in [0.2, 0.25) is 0 Å². The van der Waals surface area contributed by atoms with Gasteiger partial charge in [-0.15, -0.1) is 0 Å². The predicted octanol–water partition coefficient (Wildman–Crippen LogP) is 8.62. The Morgan fingerprint density at radius 1 is 0.600 bits per heavy atom. The van der Waals surface area contributed by atoms with E-state index in [-0.39, 0.29) is 31.9 Å². The summed E-state index contributed by atoms with van der Waals surface area (Å²) in [7, 11) is 0. The first kappa shape index (κ1) is 30.3. The van der Waals surface area contributed by atoms with E-state index >= 15 is 0 Å². The van der Waals surface area contributed by atoms with Gasteiger partial charge in [-0.1, -0.05) is 81.1 Å². The van der Waals surface area contributed by atoms with E-state index in [2.05, 4.69) is 55.4 Å². The van der Waals surface area contributed by atoms with Crippen LogP contribution in [-0.2, 0) is 17.1 Å². The van der Waals surface area contributed by atoms with Gasteiger partial charge in [0.15, 0.2) is 0 Å². The van der Waals surface area contributed by atoms with Crippen LogP contribution >= 0.6 is 0 Å². The fourth-order valence-electron chi connectivity index (χ4n) is 4.46. The normalized spacial score (nSPS) is 28.8. The van der Waals surface area contributed by atoms with Gasteiger partial charge in [-0.2, -0.15) is 0 Å². The van der Waals surface area contributed by atoms with Crippen molar-refractivity contribution in [3.63, 3.8) is 0 Å². The van der Waals surface area contributed by atoms with Crippen LogP contribution in [-0.4, -0.2) is 0 Å². The molecule has 0 aromatic carbocycles. The van der Waals surface area contributed by atoms with Crippen LogP contribution in [0.1, 0.15) is 107 Å². The summed E-state index contributed by atoms with van der Waals surface area (Å²) < 4.78 is 0. The van der Waals surface area contributed by atoms with Crippen molar-refractivity contribution in [3.8, 4) is 0 Å². The Morgan fingerprint density at radius 2 is 0.880 bits per heavy atom. The average molecular weight is 395 g/mol. The molecule has 0 nitrogen and oxygen atoms in total. The summed E-state index contributed by atoms with van der Waals surface area (Å²) in [6, 6.07) is 0. The first-order valence-electron chi connectivity index (χ1n) is 10.1. The zero-order valence-electron chi connectivity index (χ0n) is 19.3. The number of hydrogen-bond acceptors (Lipinski definition) is 0. The summed E-state index contributed by atoms with van der Waals surface area (Å²) in [6.07, 6.45) is 11.7. The van der Waals surface area contributed by atoms with Crippen LogP contribution in [0.5, 0.6) is 0 Å². The Kier molecular flexibility index (Phi) is 15.5. The molecule has 0 radical (unpaired) electrons. The maximum Gasteiger partial charge on any atom is 2.00 e. The molecule has 0 bridgehead atoms. The van der Waals surface area contributed by atoms with Gasteiger partial charge < -0.3 is 14.9 Å². The second-order valence-electron chi connectivity index (χ2n) is 10.3. The third kappa shape index (κ3) is 10.4. The predicted molar refractivity (Wildman–Crippen MR) is 114 cm³/mol. The SMILES string of the molecule is CCC1CCC(C(C)(C)C)C1.CCC1CCC(C(C)(C)C)C1.[CH3-].[CH3-].[Fe+2]. The first-order valence-corrected chi connectivity index (χ1v) is 10.1. The van der Waals surface area contributed by atoms with E-state index < -0.39 is 0 Å². The molecule has 154 valence electrons. The smallest absolute Gasteiger partial charge is 0.358 e. The Balaban J connectivity index is -0.000000346. The van der Waals surface area contributed by atoms with Crippen LogP contribution in [0.4, 0.5) is 0 Å². The molecule has 0 aromatic heterocycles. The van der Waals surface area contributed by atoms with Gasteiger partial charge >= 0.3 is 17.1 Å². The van der Waals surface area contributed by atoms with Gasteiger partial charge in [-0.3, -0.25) is 0 Å². The van der Waals surface area contributed by atoms with Crippen LogP contribution < -0.4 is 0 Å². The van der Waals surface area contributed by atoms with Crippen LogP contribution in [0.25, 0.3) is 0 Å². The van der Waals surface area contributed by atoms with Crippen molar-refractivity contribution in [2.75, 3.05) is 0 Å². The van der Waals surface area contributed by atoms with E-state index in [4.69, 9.17) is 0 Å². The largest absolute Gasteiger partial charge is 2.00 e. The standard InChI is InChI=1S/2C11H22.2CH3.Fe/c2*1-5-9-6-7-10(8-9)11(2,3)4;;;/h2*9-10H,5-8H2,1-4H3;2*1H3;/q;;2*-1;+2. The maximum absolute atomic E-state index is 2.38. The fourth-order valence-corrected chi connectivity index (χ4v) is 4.46. The van der Waals surface area contributed by atoms with Crippen molar-refractivity contribution in [1.82, 2.24) is 0 Å². The molecular formula is C24H50Fe. The molecule has 0 spiro atoms. The second-order valence-corrected chi connectivity index (χ2v) is 10.3. The molecule has 0 aliphatic heterocycles. The summed E-state index contributed by atoms with van der Waals surface area (Å²) in [4.78, 5) is 0. The zero-order chi connectivity index (χ0) is 17.0. The van der Waals surface area contributed by atoms with E-state index in [1.165, 1.54) is 51.4 Å². The minimum atomic E-state index is 0. The molecule has 2 aliphatic carbocycles. The Labute approximate surface area is 173 Å². The van der Waals surface area contributed by atoms with Gasteiger partial charge in [-0.25, -0.2) is 0 Å². The number of hydrogen-bond donors (Lipinski definition) is 0. The summed E-state index contributed by atoms with van der Waals surface area (Å²) in [5.74, 6) is 4.07. The van der Waals surface area contributed by atoms with Crippen molar-refractivity contribution in [2.45, 2.75) is 107 Å². The van der Waals surface area contributed by atoms with Crippen molar-refractivity contribution in [1.29, 1.82) is 0 Å². The Morgan fingerprint density at radius 3 is 1.00 bits per heavy atom. The molecular weight excluding hydrogens is 344 g/mol. The fraction of sp³-hybridized carbons (Fsp3) is 0.917. The minimum Gasteiger partial charge on any atom is -0.358 e. The molecule has 0 heterocycles. The maximum atomic E-state index is 2.38. The Bertz CT molecular complexity index is 275. The molecule has 4 atom stereocenters. The van der Waals surface area contributed by atoms with Crippen LogP contribution in [0.2, 0.25) is 0 Å². The number of rotatable bonds is 2. The van der Waals surface area contributed by atoms with Crippen LogP contribution in [0.15, 0.2) is 0 Å². The van der Waals surface area contributed by atoms with Gasteiger partial charge in [0.05, 0.1) is 0 Å². The van der Waals surface area contributed by atoms with Gasteiger partial charge in [-0.05, 0) is 60.2 Å². The first-order chi connectivity index (χ1) is 10.1. The quantitative estimate of drug-likeness (QED) is 0.325. The van der Waals surface area contributed by atoms with Crippen molar-refractivity contribution < 1.29 is 17.1 Å². The molecule has 0 aromatic rings. The van der Waals surface area contributed by atoms with Gasteiger partial charge in [0.1, 0.15) is 0 Å². The second kappa shape index (κ2) is 12.8. The Hall–Kier alpha value is 0.519.